The number of alkyl halides is 3. The molecule has 156 valence electrons. The van der Waals surface area contributed by atoms with Gasteiger partial charge in [0.05, 0.1) is 7.11 Å². The van der Waals surface area contributed by atoms with Crippen molar-refractivity contribution in [1.29, 1.82) is 0 Å². The number of carbonyl (C=O) groups is 1. The lowest BCUT2D eigenvalue weighted by molar-refractivity contribution is -0.152. The van der Waals surface area contributed by atoms with Gasteiger partial charge in [-0.3, -0.25) is 10.1 Å². The van der Waals surface area contributed by atoms with E-state index in [0.717, 1.165) is 0 Å². The maximum absolute atomic E-state index is 13.5. The summed E-state index contributed by atoms with van der Waals surface area (Å²) >= 11 is 0. The maximum atomic E-state index is 13.5. The minimum Gasteiger partial charge on any atom is -0.453 e. The van der Waals surface area contributed by atoms with Crippen molar-refractivity contribution in [3.05, 3.63) is 40.3 Å². The number of hydrogen-bond donors (Lipinski definition) is 2. The number of carbonyl (C=O) groups excluding carboxylic acids is 1. The topological polar surface area (TPSA) is 87.3 Å². The molecular weight excluding hydrogens is 389 g/mol. The normalized spacial score (nSPS) is 17.1. The number of aromatic nitrogens is 2. The van der Waals surface area contributed by atoms with E-state index in [1.54, 1.807) is 13.0 Å². The smallest absolute Gasteiger partial charge is 0.412 e. The zero-order chi connectivity index (χ0) is 21.2. The van der Waals surface area contributed by atoms with Gasteiger partial charge >= 0.3 is 12.3 Å². The number of piperidine rings is 1. The molecule has 0 spiro atoms. The number of anilines is 2. The fourth-order valence-corrected chi connectivity index (χ4v) is 3.46. The predicted molar refractivity (Wildman–Crippen MR) is 102 cm³/mol. The Morgan fingerprint density at radius 2 is 2.07 bits per heavy atom. The van der Waals surface area contributed by atoms with Crippen LogP contribution in [0.15, 0.2) is 29.2 Å². The number of rotatable bonds is 3. The second-order valence-electron chi connectivity index (χ2n) is 6.87. The van der Waals surface area contributed by atoms with Crippen LogP contribution in [0.4, 0.5) is 29.6 Å². The molecule has 0 aromatic carbocycles. The van der Waals surface area contributed by atoms with Gasteiger partial charge in [0, 0.05) is 18.8 Å². The highest BCUT2D eigenvalue weighted by molar-refractivity contribution is 5.84. The second kappa shape index (κ2) is 8.14. The molecule has 1 atom stereocenters. The van der Waals surface area contributed by atoms with Gasteiger partial charge in [-0.25, -0.2) is 9.78 Å². The average Bonchev–Trinajstić information content (AvgIpc) is 2.68. The van der Waals surface area contributed by atoms with E-state index in [1.807, 2.05) is 0 Å². The molecule has 1 saturated heterocycles. The molecule has 2 N–H and O–H groups in total. The Morgan fingerprint density at radius 3 is 2.76 bits per heavy atom. The number of pyridine rings is 2. The van der Waals surface area contributed by atoms with Crippen molar-refractivity contribution in [3.8, 4) is 11.1 Å². The minimum atomic E-state index is -4.39. The number of aromatic amines is 1. The lowest BCUT2D eigenvalue weighted by atomic mass is 10.00. The third-order valence-electron chi connectivity index (χ3n) is 4.85. The fourth-order valence-electron chi connectivity index (χ4n) is 3.46. The summed E-state index contributed by atoms with van der Waals surface area (Å²) in [6.45, 7) is 1.96. The number of nitrogens with one attached hydrogen (secondary N) is 2. The van der Waals surface area contributed by atoms with E-state index in [1.165, 1.54) is 30.3 Å². The predicted octanol–water partition coefficient (Wildman–Crippen LogP) is 3.84. The van der Waals surface area contributed by atoms with Crippen LogP contribution in [0, 0.1) is 6.92 Å². The first kappa shape index (κ1) is 20.7. The van der Waals surface area contributed by atoms with Crippen LogP contribution in [0.25, 0.3) is 11.1 Å². The van der Waals surface area contributed by atoms with Gasteiger partial charge in [-0.1, -0.05) is 0 Å². The molecule has 1 fully saturated rings. The maximum Gasteiger partial charge on any atom is 0.412 e. The van der Waals surface area contributed by atoms with Gasteiger partial charge in [-0.15, -0.1) is 0 Å². The second-order valence-corrected chi connectivity index (χ2v) is 6.87. The summed E-state index contributed by atoms with van der Waals surface area (Å²) in [6.07, 6.45) is -2.52. The van der Waals surface area contributed by atoms with Crippen LogP contribution >= 0.6 is 0 Å². The molecular formula is C19H21F3N4O3. The first-order valence-corrected chi connectivity index (χ1v) is 9.09. The number of aryl methyl sites for hydroxylation is 1. The number of nitrogens with zero attached hydrogens (tertiary/aromatic N) is 2. The van der Waals surface area contributed by atoms with Crippen molar-refractivity contribution >= 4 is 17.7 Å². The van der Waals surface area contributed by atoms with Gasteiger partial charge in [-0.2, -0.15) is 13.2 Å². The molecule has 0 radical (unpaired) electrons. The molecule has 0 aliphatic carbocycles. The minimum absolute atomic E-state index is 0.0166. The molecule has 0 saturated carbocycles. The SMILES string of the molecule is COC(=O)Nc1cc(-c2cc(N3CCCC[C@@H]3C(F)(F)F)[nH]c(=O)c2)c(C)cn1. The van der Waals surface area contributed by atoms with Gasteiger partial charge in [-0.05, 0) is 55.0 Å². The van der Waals surface area contributed by atoms with Crippen LogP contribution in [0.1, 0.15) is 24.8 Å². The molecule has 0 bridgehead atoms. The van der Waals surface area contributed by atoms with E-state index in [9.17, 15) is 22.8 Å². The largest absolute Gasteiger partial charge is 0.453 e. The van der Waals surface area contributed by atoms with E-state index >= 15 is 0 Å². The van der Waals surface area contributed by atoms with Gasteiger partial charge in [0.2, 0.25) is 5.56 Å². The van der Waals surface area contributed by atoms with E-state index in [0.29, 0.717) is 29.5 Å². The van der Waals surface area contributed by atoms with Crippen molar-refractivity contribution in [2.24, 2.45) is 0 Å². The lowest BCUT2D eigenvalue weighted by Gasteiger charge is -2.38. The van der Waals surface area contributed by atoms with Gasteiger partial charge in [0.1, 0.15) is 17.7 Å². The van der Waals surface area contributed by atoms with Gasteiger partial charge < -0.3 is 14.6 Å². The Morgan fingerprint density at radius 1 is 1.31 bits per heavy atom. The fraction of sp³-hybridized carbons (Fsp3) is 0.421. The quantitative estimate of drug-likeness (QED) is 0.803. The molecule has 1 aliphatic heterocycles. The van der Waals surface area contributed by atoms with Crippen molar-refractivity contribution in [1.82, 2.24) is 9.97 Å². The van der Waals surface area contributed by atoms with E-state index in [4.69, 9.17) is 0 Å². The third-order valence-corrected chi connectivity index (χ3v) is 4.85. The van der Waals surface area contributed by atoms with Crippen molar-refractivity contribution < 1.29 is 22.7 Å². The number of hydrogen-bond acceptors (Lipinski definition) is 5. The summed E-state index contributed by atoms with van der Waals surface area (Å²) in [5, 5.41) is 2.43. The third kappa shape index (κ3) is 4.69. The number of H-pyrrole nitrogens is 1. The molecule has 2 aromatic heterocycles. The molecule has 29 heavy (non-hydrogen) atoms. The monoisotopic (exact) mass is 410 g/mol. The number of amides is 1. The molecule has 1 amide bonds. The summed E-state index contributed by atoms with van der Waals surface area (Å²) in [7, 11) is 1.21. The molecule has 0 unspecified atom stereocenters. The van der Waals surface area contributed by atoms with Crippen LogP contribution < -0.4 is 15.8 Å². The van der Waals surface area contributed by atoms with Crippen LogP contribution in [0.3, 0.4) is 0 Å². The Balaban J connectivity index is 2.02. The van der Waals surface area contributed by atoms with Crippen LogP contribution in [0.2, 0.25) is 0 Å². The summed E-state index contributed by atoms with van der Waals surface area (Å²) in [5.74, 6) is 0.318. The zero-order valence-corrected chi connectivity index (χ0v) is 16.0. The van der Waals surface area contributed by atoms with Gasteiger partial charge in [0.15, 0.2) is 0 Å². The molecule has 2 aromatic rings. The van der Waals surface area contributed by atoms with Gasteiger partial charge in [0.25, 0.3) is 0 Å². The summed E-state index contributed by atoms with van der Waals surface area (Å²) in [6, 6.07) is 2.73. The average molecular weight is 410 g/mol. The van der Waals surface area contributed by atoms with E-state index in [2.05, 4.69) is 20.0 Å². The Bertz CT molecular complexity index is 958. The number of halogens is 3. The van der Waals surface area contributed by atoms with Crippen molar-refractivity contribution in [3.63, 3.8) is 0 Å². The highest BCUT2D eigenvalue weighted by atomic mass is 19.4. The lowest BCUT2D eigenvalue weighted by Crippen LogP contribution is -2.49. The highest BCUT2D eigenvalue weighted by Crippen LogP contribution is 2.35. The Kier molecular flexibility index (Phi) is 5.81. The summed E-state index contributed by atoms with van der Waals surface area (Å²) in [5.41, 5.74) is 1.19. The molecule has 3 rings (SSSR count). The highest BCUT2D eigenvalue weighted by Gasteiger charge is 2.45. The van der Waals surface area contributed by atoms with Crippen LogP contribution in [0.5, 0.6) is 0 Å². The van der Waals surface area contributed by atoms with Crippen molar-refractivity contribution in [2.45, 2.75) is 38.4 Å². The summed E-state index contributed by atoms with van der Waals surface area (Å²) in [4.78, 5) is 31.5. The number of ether oxygens (including phenoxy) is 1. The zero-order valence-electron chi connectivity index (χ0n) is 16.0. The van der Waals surface area contributed by atoms with E-state index in [-0.39, 0.29) is 24.6 Å². The Labute approximate surface area is 164 Å². The number of methoxy groups -OCH3 is 1. The molecule has 1 aliphatic rings. The molecule has 7 nitrogen and oxygen atoms in total. The Hall–Kier alpha value is -3.04. The summed E-state index contributed by atoms with van der Waals surface area (Å²) < 4.78 is 45.0. The van der Waals surface area contributed by atoms with Crippen molar-refractivity contribution in [2.75, 3.05) is 23.9 Å². The van der Waals surface area contributed by atoms with E-state index < -0.39 is 23.9 Å². The first-order chi connectivity index (χ1) is 13.7. The standard InChI is InChI=1S/C19H21F3N4O3/c1-11-10-23-15(24-18(28)29-2)9-13(11)12-7-16(25-17(27)8-12)26-6-4-3-5-14(26)19(20,21)22/h7-10,14H,3-6H2,1-2H3,(H,25,27)(H,23,24,28)/t14-/m1/s1. The molecule has 3 heterocycles. The van der Waals surface area contributed by atoms with Crippen LogP contribution in [-0.4, -0.2) is 41.9 Å². The first-order valence-electron chi connectivity index (χ1n) is 9.09. The molecule has 10 heteroatoms. The van der Waals surface area contributed by atoms with Crippen LogP contribution in [-0.2, 0) is 4.74 Å².